The summed E-state index contributed by atoms with van der Waals surface area (Å²) in [7, 11) is 0. The van der Waals surface area contributed by atoms with Gasteiger partial charge in [-0.05, 0) is 35.2 Å². The molecule has 1 rings (SSSR count). The molecule has 3 nitrogen and oxygen atoms in total. The number of hydrogen-bond acceptors (Lipinski definition) is 3. The molecule has 14 heavy (non-hydrogen) atoms. The summed E-state index contributed by atoms with van der Waals surface area (Å²) in [5.41, 5.74) is 1.07. The van der Waals surface area contributed by atoms with Crippen molar-refractivity contribution >= 4 is 21.7 Å². The Balaban J connectivity index is 2.89. The summed E-state index contributed by atoms with van der Waals surface area (Å²) >= 11 is 3.52. The summed E-state index contributed by atoms with van der Waals surface area (Å²) in [6.07, 6.45) is 2.59. The molecular weight excluding hydrogens is 242 g/mol. The fraction of sp³-hybridized carbons (Fsp3) is 0.600. The van der Waals surface area contributed by atoms with Gasteiger partial charge in [-0.3, -0.25) is 0 Å². The van der Waals surface area contributed by atoms with Crippen molar-refractivity contribution in [1.29, 1.82) is 0 Å². The summed E-state index contributed by atoms with van der Waals surface area (Å²) in [6, 6.07) is 0. The third-order valence-electron chi connectivity index (χ3n) is 1.81. The van der Waals surface area contributed by atoms with Gasteiger partial charge in [-0.2, -0.15) is 0 Å². The van der Waals surface area contributed by atoms with E-state index in [9.17, 15) is 0 Å². The molecule has 0 unspecified atom stereocenters. The number of nitrogens with one attached hydrogen (secondary N) is 1. The van der Waals surface area contributed by atoms with E-state index in [4.69, 9.17) is 0 Å². The molecule has 0 spiro atoms. The largest absolute Gasteiger partial charge is 0.369 e. The molecule has 0 radical (unpaired) electrons. The van der Waals surface area contributed by atoms with Crippen molar-refractivity contribution in [3.8, 4) is 0 Å². The van der Waals surface area contributed by atoms with Gasteiger partial charge in [-0.25, -0.2) is 9.97 Å². The second-order valence-electron chi connectivity index (χ2n) is 3.61. The van der Waals surface area contributed by atoms with Crippen molar-refractivity contribution in [2.24, 2.45) is 5.92 Å². The lowest BCUT2D eigenvalue weighted by Gasteiger charge is -2.10. The maximum Gasteiger partial charge on any atom is 0.144 e. The third kappa shape index (κ3) is 2.94. The zero-order valence-electron chi connectivity index (χ0n) is 8.84. The predicted octanol–water partition coefficient (Wildman–Crippen LogP) is 2.87. The lowest BCUT2D eigenvalue weighted by molar-refractivity contribution is 0.632. The average Bonchev–Trinajstić information content (AvgIpc) is 2.11. The summed E-state index contributed by atoms with van der Waals surface area (Å²) in [5, 5.41) is 3.19. The van der Waals surface area contributed by atoms with E-state index >= 15 is 0 Å². The Morgan fingerprint density at radius 3 is 2.71 bits per heavy atom. The molecule has 0 amide bonds. The highest BCUT2D eigenvalue weighted by Crippen LogP contribution is 2.24. The van der Waals surface area contributed by atoms with Crippen molar-refractivity contribution in [3.63, 3.8) is 0 Å². The molecule has 0 aliphatic heterocycles. The van der Waals surface area contributed by atoms with Crippen LogP contribution in [0.2, 0.25) is 0 Å². The van der Waals surface area contributed by atoms with Gasteiger partial charge in [0.2, 0.25) is 0 Å². The average molecular weight is 258 g/mol. The first-order valence-corrected chi connectivity index (χ1v) is 5.67. The van der Waals surface area contributed by atoms with E-state index in [0.29, 0.717) is 5.92 Å². The molecule has 1 aromatic heterocycles. The Labute approximate surface area is 93.5 Å². The van der Waals surface area contributed by atoms with Crippen molar-refractivity contribution in [2.75, 3.05) is 11.9 Å². The highest BCUT2D eigenvalue weighted by molar-refractivity contribution is 9.10. The molecule has 1 aromatic rings. The molecule has 1 N–H and O–H groups in total. The summed E-state index contributed by atoms with van der Waals surface area (Å²) in [6.45, 7) is 7.29. The van der Waals surface area contributed by atoms with Crippen LogP contribution in [0.5, 0.6) is 0 Å². The van der Waals surface area contributed by atoms with Gasteiger partial charge < -0.3 is 5.32 Å². The second kappa shape index (κ2) is 5.29. The minimum Gasteiger partial charge on any atom is -0.369 e. The van der Waals surface area contributed by atoms with Crippen molar-refractivity contribution in [2.45, 2.75) is 27.2 Å². The van der Waals surface area contributed by atoms with Crippen LogP contribution in [0.25, 0.3) is 0 Å². The van der Waals surface area contributed by atoms with Gasteiger partial charge in [0.25, 0.3) is 0 Å². The maximum atomic E-state index is 4.26. The fourth-order valence-corrected chi connectivity index (χ4v) is 1.73. The van der Waals surface area contributed by atoms with E-state index in [1.54, 1.807) is 6.33 Å². The highest BCUT2D eigenvalue weighted by Gasteiger charge is 2.08. The summed E-state index contributed by atoms with van der Waals surface area (Å²) < 4.78 is 0.996. The van der Waals surface area contributed by atoms with Gasteiger partial charge in [-0.1, -0.05) is 13.8 Å². The first kappa shape index (κ1) is 11.4. The minimum atomic E-state index is 0.607. The Bertz CT molecular complexity index is 299. The van der Waals surface area contributed by atoms with E-state index in [0.717, 1.165) is 29.0 Å². The molecule has 0 saturated carbocycles. The van der Waals surface area contributed by atoms with Crippen molar-refractivity contribution in [3.05, 3.63) is 16.5 Å². The SMILES string of the molecule is CCNc1ncnc(CC(C)C)c1Br. The second-order valence-corrected chi connectivity index (χ2v) is 4.40. The zero-order chi connectivity index (χ0) is 10.6. The lowest BCUT2D eigenvalue weighted by atomic mass is 10.1. The van der Waals surface area contributed by atoms with Gasteiger partial charge in [0, 0.05) is 6.54 Å². The highest BCUT2D eigenvalue weighted by atomic mass is 79.9. The number of hydrogen-bond donors (Lipinski definition) is 1. The first-order chi connectivity index (χ1) is 6.65. The molecule has 4 heteroatoms. The fourth-order valence-electron chi connectivity index (χ4n) is 1.23. The Morgan fingerprint density at radius 1 is 1.43 bits per heavy atom. The lowest BCUT2D eigenvalue weighted by Crippen LogP contribution is -2.05. The van der Waals surface area contributed by atoms with Crippen LogP contribution >= 0.6 is 15.9 Å². The van der Waals surface area contributed by atoms with Crippen LogP contribution in [0.3, 0.4) is 0 Å². The normalized spacial score (nSPS) is 10.6. The van der Waals surface area contributed by atoms with E-state index < -0.39 is 0 Å². The Hall–Kier alpha value is -0.640. The van der Waals surface area contributed by atoms with Crippen LogP contribution in [0.15, 0.2) is 10.8 Å². The number of nitrogens with zero attached hydrogens (tertiary/aromatic N) is 2. The van der Waals surface area contributed by atoms with Gasteiger partial charge >= 0.3 is 0 Å². The van der Waals surface area contributed by atoms with Gasteiger partial charge in [0.15, 0.2) is 0 Å². The predicted molar refractivity (Wildman–Crippen MR) is 62.4 cm³/mol. The smallest absolute Gasteiger partial charge is 0.144 e. The number of aromatic nitrogens is 2. The van der Waals surface area contributed by atoms with Gasteiger partial charge in [-0.15, -0.1) is 0 Å². The first-order valence-electron chi connectivity index (χ1n) is 4.88. The van der Waals surface area contributed by atoms with Crippen LogP contribution in [0.1, 0.15) is 26.5 Å². The molecule has 0 atom stereocenters. The number of rotatable bonds is 4. The van der Waals surface area contributed by atoms with Gasteiger partial charge in [0.05, 0.1) is 10.2 Å². The standard InChI is InChI=1S/C10H16BrN3/c1-4-12-10-9(11)8(5-7(2)3)13-6-14-10/h6-7H,4-5H2,1-3H3,(H,12,13,14). The Morgan fingerprint density at radius 2 is 2.14 bits per heavy atom. The monoisotopic (exact) mass is 257 g/mol. The van der Waals surface area contributed by atoms with Crippen LogP contribution in [-0.2, 0) is 6.42 Å². The molecule has 0 aromatic carbocycles. The summed E-state index contributed by atoms with van der Waals surface area (Å²) in [5.74, 6) is 1.49. The molecule has 0 bridgehead atoms. The van der Waals surface area contributed by atoms with E-state index in [1.807, 2.05) is 0 Å². The van der Waals surface area contributed by atoms with Gasteiger partial charge in [0.1, 0.15) is 12.1 Å². The van der Waals surface area contributed by atoms with Crippen LogP contribution in [0.4, 0.5) is 5.82 Å². The van der Waals surface area contributed by atoms with Crippen LogP contribution < -0.4 is 5.32 Å². The van der Waals surface area contributed by atoms with Crippen molar-refractivity contribution in [1.82, 2.24) is 9.97 Å². The zero-order valence-corrected chi connectivity index (χ0v) is 10.4. The molecule has 0 aliphatic rings. The van der Waals surface area contributed by atoms with E-state index in [-0.39, 0.29) is 0 Å². The minimum absolute atomic E-state index is 0.607. The molecule has 0 aliphatic carbocycles. The number of halogens is 1. The molecule has 0 fully saturated rings. The van der Waals surface area contributed by atoms with Crippen LogP contribution in [0, 0.1) is 5.92 Å². The molecular formula is C10H16BrN3. The molecule has 1 heterocycles. The number of anilines is 1. The maximum absolute atomic E-state index is 4.26. The Kier molecular flexibility index (Phi) is 4.32. The quantitative estimate of drug-likeness (QED) is 0.902. The van der Waals surface area contributed by atoms with E-state index in [1.165, 1.54) is 0 Å². The summed E-state index contributed by atoms with van der Waals surface area (Å²) in [4.78, 5) is 8.43. The molecule has 0 saturated heterocycles. The van der Waals surface area contributed by atoms with E-state index in [2.05, 4.69) is 52.0 Å². The third-order valence-corrected chi connectivity index (χ3v) is 2.64. The van der Waals surface area contributed by atoms with Crippen LogP contribution in [-0.4, -0.2) is 16.5 Å². The topological polar surface area (TPSA) is 37.8 Å². The van der Waals surface area contributed by atoms with Crippen molar-refractivity contribution < 1.29 is 0 Å². The molecule has 78 valence electrons.